The molecule has 1 aromatic heterocycles. The molecule has 2 aromatic rings. The minimum Gasteiger partial charge on any atom is -0.339 e. The van der Waals surface area contributed by atoms with E-state index in [0.717, 1.165) is 6.42 Å². The van der Waals surface area contributed by atoms with E-state index in [9.17, 15) is 4.39 Å². The molecule has 4 nitrogen and oxygen atoms in total. The summed E-state index contributed by atoms with van der Waals surface area (Å²) in [5.74, 6) is 0.918. The van der Waals surface area contributed by atoms with Gasteiger partial charge in [-0.2, -0.15) is 4.98 Å². The molecule has 0 saturated heterocycles. The van der Waals surface area contributed by atoms with Crippen LogP contribution in [0, 0.1) is 11.7 Å². The van der Waals surface area contributed by atoms with Crippen LogP contribution in [0.15, 0.2) is 22.7 Å². The van der Waals surface area contributed by atoms with Gasteiger partial charge >= 0.3 is 0 Å². The van der Waals surface area contributed by atoms with Gasteiger partial charge < -0.3 is 10.3 Å². The fourth-order valence-electron chi connectivity index (χ4n) is 1.95. The molecule has 1 aromatic carbocycles. The molecule has 0 aliphatic heterocycles. The molecule has 6 heteroatoms. The first-order valence-electron chi connectivity index (χ1n) is 6.58. The second kappa shape index (κ2) is 6.81. The first-order chi connectivity index (χ1) is 9.63. The first-order valence-corrected chi connectivity index (χ1v) is 6.96. The molecule has 1 atom stereocenters. The maximum absolute atomic E-state index is 13.7. The monoisotopic (exact) mass is 297 g/mol. The lowest BCUT2D eigenvalue weighted by Gasteiger charge is -2.07. The Bertz CT molecular complexity index is 549. The van der Waals surface area contributed by atoms with Gasteiger partial charge in [0.25, 0.3) is 0 Å². The van der Waals surface area contributed by atoms with Gasteiger partial charge in [-0.15, -0.1) is 0 Å². The van der Waals surface area contributed by atoms with Crippen LogP contribution in [-0.4, -0.2) is 16.7 Å². The van der Waals surface area contributed by atoms with Gasteiger partial charge in [0, 0.05) is 23.4 Å². The van der Waals surface area contributed by atoms with Crippen LogP contribution in [-0.2, 0) is 12.8 Å². The van der Waals surface area contributed by atoms with Gasteiger partial charge in [-0.1, -0.05) is 36.2 Å². The lowest BCUT2D eigenvalue weighted by Crippen LogP contribution is -2.16. The predicted molar refractivity (Wildman–Crippen MR) is 75.1 cm³/mol. The number of nitrogens with two attached hydrogens (primary N) is 1. The Morgan fingerprint density at radius 3 is 2.90 bits per heavy atom. The van der Waals surface area contributed by atoms with Crippen molar-refractivity contribution in [2.24, 2.45) is 11.7 Å². The number of halogens is 2. The predicted octanol–water partition coefficient (Wildman–Crippen LogP) is 2.98. The van der Waals surface area contributed by atoms with E-state index in [0.29, 0.717) is 41.2 Å². The molecule has 2 N–H and O–H groups in total. The van der Waals surface area contributed by atoms with Crippen LogP contribution in [0.25, 0.3) is 0 Å². The molecule has 0 radical (unpaired) electrons. The van der Waals surface area contributed by atoms with Gasteiger partial charge in [0.05, 0.1) is 0 Å². The van der Waals surface area contributed by atoms with Gasteiger partial charge in [-0.05, 0) is 24.6 Å². The molecule has 108 valence electrons. The van der Waals surface area contributed by atoms with Crippen molar-refractivity contribution < 1.29 is 8.91 Å². The van der Waals surface area contributed by atoms with Crippen LogP contribution in [0.2, 0.25) is 5.02 Å². The SMILES string of the molecule is CCC(CN)Cc1nc(Cc2c(F)cccc2Cl)no1. The fraction of sp³-hybridized carbons (Fsp3) is 0.429. The van der Waals surface area contributed by atoms with E-state index < -0.39 is 0 Å². The van der Waals surface area contributed by atoms with Gasteiger partial charge in [0.2, 0.25) is 5.89 Å². The van der Waals surface area contributed by atoms with Crippen molar-refractivity contribution >= 4 is 11.6 Å². The van der Waals surface area contributed by atoms with E-state index in [1.807, 2.05) is 0 Å². The molecule has 2 rings (SSSR count). The normalized spacial score (nSPS) is 12.6. The van der Waals surface area contributed by atoms with Crippen LogP contribution in [0.4, 0.5) is 4.39 Å². The lowest BCUT2D eigenvalue weighted by atomic mass is 10.0. The van der Waals surface area contributed by atoms with Crippen molar-refractivity contribution in [2.75, 3.05) is 6.54 Å². The highest BCUT2D eigenvalue weighted by Crippen LogP contribution is 2.21. The van der Waals surface area contributed by atoms with Gasteiger partial charge in [-0.3, -0.25) is 0 Å². The van der Waals surface area contributed by atoms with Crippen LogP contribution in [0.1, 0.15) is 30.6 Å². The van der Waals surface area contributed by atoms with Gasteiger partial charge in [0.1, 0.15) is 5.82 Å². The third-order valence-electron chi connectivity index (χ3n) is 3.28. The Hall–Kier alpha value is -1.46. The molecular formula is C14H17ClFN3O. The summed E-state index contributed by atoms with van der Waals surface area (Å²) in [6, 6.07) is 4.57. The second-order valence-electron chi connectivity index (χ2n) is 4.70. The molecule has 0 spiro atoms. The highest BCUT2D eigenvalue weighted by Gasteiger charge is 2.15. The summed E-state index contributed by atoms with van der Waals surface area (Å²) in [6.07, 6.45) is 1.81. The molecule has 0 amide bonds. The summed E-state index contributed by atoms with van der Waals surface area (Å²) < 4.78 is 18.8. The second-order valence-corrected chi connectivity index (χ2v) is 5.10. The minimum absolute atomic E-state index is 0.217. The Balaban J connectivity index is 2.10. The van der Waals surface area contributed by atoms with Gasteiger partial charge in [0.15, 0.2) is 5.82 Å². The molecule has 0 aliphatic rings. The Kier molecular flexibility index (Phi) is 5.09. The van der Waals surface area contributed by atoms with Crippen LogP contribution in [0.5, 0.6) is 0 Å². The fourth-order valence-corrected chi connectivity index (χ4v) is 2.18. The molecule has 1 unspecified atom stereocenters. The zero-order valence-electron chi connectivity index (χ0n) is 11.3. The number of hydrogen-bond donors (Lipinski definition) is 1. The molecule has 0 aliphatic carbocycles. The van der Waals surface area contributed by atoms with Crippen LogP contribution < -0.4 is 5.73 Å². The van der Waals surface area contributed by atoms with E-state index in [4.69, 9.17) is 21.9 Å². The average Bonchev–Trinajstić information content (AvgIpc) is 2.88. The number of hydrogen-bond acceptors (Lipinski definition) is 4. The highest BCUT2D eigenvalue weighted by atomic mass is 35.5. The smallest absolute Gasteiger partial charge is 0.226 e. The van der Waals surface area contributed by atoms with Crippen molar-refractivity contribution in [3.05, 3.63) is 46.3 Å². The van der Waals surface area contributed by atoms with Gasteiger partial charge in [-0.25, -0.2) is 4.39 Å². The topological polar surface area (TPSA) is 64.9 Å². The Morgan fingerprint density at radius 2 is 2.25 bits per heavy atom. The molecule has 0 bridgehead atoms. The number of benzene rings is 1. The van der Waals surface area contributed by atoms with Crippen molar-refractivity contribution in [1.82, 2.24) is 10.1 Å². The molecule has 0 saturated carbocycles. The molecule has 1 heterocycles. The van der Waals surface area contributed by atoms with Crippen molar-refractivity contribution in [1.29, 1.82) is 0 Å². The third kappa shape index (κ3) is 3.55. The van der Waals surface area contributed by atoms with Crippen molar-refractivity contribution in [3.63, 3.8) is 0 Å². The molecule has 20 heavy (non-hydrogen) atoms. The maximum Gasteiger partial charge on any atom is 0.226 e. The van der Waals surface area contributed by atoms with Crippen LogP contribution in [0.3, 0.4) is 0 Å². The third-order valence-corrected chi connectivity index (χ3v) is 3.63. The maximum atomic E-state index is 13.7. The summed E-state index contributed by atoms with van der Waals surface area (Å²) in [7, 11) is 0. The summed E-state index contributed by atoms with van der Waals surface area (Å²) in [5, 5.41) is 4.23. The molecule has 0 fully saturated rings. The number of aromatic nitrogens is 2. The van der Waals surface area contributed by atoms with E-state index in [1.165, 1.54) is 6.07 Å². The summed E-state index contributed by atoms with van der Waals surface area (Å²) in [5.41, 5.74) is 6.03. The van der Waals surface area contributed by atoms with E-state index in [2.05, 4.69) is 17.1 Å². The highest BCUT2D eigenvalue weighted by molar-refractivity contribution is 6.31. The number of nitrogens with zero attached hydrogens (tertiary/aromatic N) is 2. The average molecular weight is 298 g/mol. The van der Waals surface area contributed by atoms with E-state index in [-0.39, 0.29) is 12.2 Å². The summed E-state index contributed by atoms with van der Waals surface area (Å²) in [6.45, 7) is 2.64. The Labute approximate surface area is 122 Å². The number of rotatable bonds is 6. The van der Waals surface area contributed by atoms with Crippen molar-refractivity contribution in [3.8, 4) is 0 Å². The summed E-state index contributed by atoms with van der Waals surface area (Å²) in [4.78, 5) is 4.26. The molecular weight excluding hydrogens is 281 g/mol. The summed E-state index contributed by atoms with van der Waals surface area (Å²) >= 11 is 5.97. The largest absolute Gasteiger partial charge is 0.339 e. The quantitative estimate of drug-likeness (QED) is 0.890. The first kappa shape index (κ1) is 14.9. The van der Waals surface area contributed by atoms with E-state index in [1.54, 1.807) is 12.1 Å². The minimum atomic E-state index is -0.364. The van der Waals surface area contributed by atoms with Crippen molar-refractivity contribution in [2.45, 2.75) is 26.2 Å². The zero-order valence-corrected chi connectivity index (χ0v) is 12.0. The lowest BCUT2D eigenvalue weighted by molar-refractivity contribution is 0.347. The van der Waals surface area contributed by atoms with Crippen LogP contribution >= 0.6 is 11.6 Å². The standard InChI is InChI=1S/C14H17ClFN3O/c1-2-9(8-17)6-14-18-13(19-20-14)7-10-11(15)4-3-5-12(10)16/h3-5,9H,2,6-8,17H2,1H3. The Morgan fingerprint density at radius 1 is 1.45 bits per heavy atom. The zero-order chi connectivity index (χ0) is 14.5. The van der Waals surface area contributed by atoms with E-state index >= 15 is 0 Å².